The van der Waals surface area contributed by atoms with Crippen molar-refractivity contribution in [2.75, 3.05) is 46.9 Å². The number of hydrogen-bond donors (Lipinski definition) is 1. The van der Waals surface area contributed by atoms with Gasteiger partial charge in [-0.1, -0.05) is 12.2 Å². The Morgan fingerprint density at radius 3 is 2.44 bits per heavy atom. The summed E-state index contributed by atoms with van der Waals surface area (Å²) < 4.78 is 10.8. The first kappa shape index (κ1) is 19.3. The van der Waals surface area contributed by atoms with E-state index in [1.807, 2.05) is 30.0 Å². The standard InChI is InChI=1S/C19H28N2O4/c1-5-6-15-11-16(12-17(24-3)18(15)25-4)19(23)21-9-7-20(8-10-21)13-14(2)22/h5-6,11-12,14,22H,7-10,13H2,1-4H3/b6-5-/t14-/m1/s1. The molecule has 1 saturated heterocycles. The minimum Gasteiger partial charge on any atom is -0.493 e. The molecular formula is C19H28N2O4. The van der Waals surface area contributed by atoms with Gasteiger partial charge in [0.05, 0.1) is 20.3 Å². The molecule has 0 aliphatic carbocycles. The van der Waals surface area contributed by atoms with Crippen LogP contribution in [0.1, 0.15) is 29.8 Å². The second-order valence-electron chi connectivity index (χ2n) is 6.24. The number of piperazine rings is 1. The molecule has 0 bridgehead atoms. The predicted molar refractivity (Wildman–Crippen MR) is 98.3 cm³/mol. The zero-order valence-electron chi connectivity index (χ0n) is 15.5. The number of β-amino-alcohol motifs (C(OH)–C–C–N with tert-alkyl or cyclic N) is 1. The molecule has 1 heterocycles. The molecule has 0 unspecified atom stereocenters. The van der Waals surface area contributed by atoms with Gasteiger partial charge in [0.15, 0.2) is 11.5 Å². The Kier molecular flexibility index (Phi) is 6.84. The van der Waals surface area contributed by atoms with E-state index in [9.17, 15) is 9.90 Å². The lowest BCUT2D eigenvalue weighted by atomic mass is 10.1. The molecular weight excluding hydrogens is 320 g/mol. The highest BCUT2D eigenvalue weighted by atomic mass is 16.5. The van der Waals surface area contributed by atoms with Crippen LogP contribution in [0.25, 0.3) is 6.08 Å². The fourth-order valence-corrected chi connectivity index (χ4v) is 3.11. The summed E-state index contributed by atoms with van der Waals surface area (Å²) in [5.41, 5.74) is 1.41. The molecule has 1 aliphatic heterocycles. The second kappa shape index (κ2) is 8.87. The van der Waals surface area contributed by atoms with Gasteiger partial charge in [-0.05, 0) is 26.0 Å². The highest BCUT2D eigenvalue weighted by Gasteiger charge is 2.24. The van der Waals surface area contributed by atoms with Gasteiger partial charge in [-0.2, -0.15) is 0 Å². The molecule has 1 N–H and O–H groups in total. The van der Waals surface area contributed by atoms with Crippen molar-refractivity contribution in [2.45, 2.75) is 20.0 Å². The van der Waals surface area contributed by atoms with Crippen LogP contribution >= 0.6 is 0 Å². The Morgan fingerprint density at radius 1 is 1.24 bits per heavy atom. The van der Waals surface area contributed by atoms with Gasteiger partial charge in [0.1, 0.15) is 0 Å². The summed E-state index contributed by atoms with van der Waals surface area (Å²) in [5.74, 6) is 1.16. The molecule has 1 aromatic rings. The average molecular weight is 348 g/mol. The number of hydrogen-bond acceptors (Lipinski definition) is 5. The van der Waals surface area contributed by atoms with Crippen molar-refractivity contribution in [3.05, 3.63) is 29.3 Å². The lowest BCUT2D eigenvalue weighted by Gasteiger charge is -2.35. The summed E-state index contributed by atoms with van der Waals surface area (Å²) in [6.45, 7) is 7.19. The van der Waals surface area contributed by atoms with Crippen molar-refractivity contribution in [1.29, 1.82) is 0 Å². The van der Waals surface area contributed by atoms with Gasteiger partial charge in [-0.3, -0.25) is 9.69 Å². The minimum atomic E-state index is -0.350. The van der Waals surface area contributed by atoms with Crippen molar-refractivity contribution < 1.29 is 19.4 Å². The van der Waals surface area contributed by atoms with Gasteiger partial charge in [-0.25, -0.2) is 0 Å². The molecule has 2 rings (SSSR count). The summed E-state index contributed by atoms with van der Waals surface area (Å²) in [5, 5.41) is 9.49. The van der Waals surface area contributed by atoms with Crippen LogP contribution in [0.3, 0.4) is 0 Å². The summed E-state index contributed by atoms with van der Waals surface area (Å²) in [6, 6.07) is 3.57. The van der Waals surface area contributed by atoms with Crippen LogP contribution < -0.4 is 9.47 Å². The molecule has 6 heteroatoms. The Morgan fingerprint density at radius 2 is 1.92 bits per heavy atom. The van der Waals surface area contributed by atoms with E-state index in [-0.39, 0.29) is 12.0 Å². The molecule has 1 amide bonds. The van der Waals surface area contributed by atoms with E-state index in [0.717, 1.165) is 18.7 Å². The SMILES string of the molecule is C/C=C\c1cc(C(=O)N2CCN(C[C@@H](C)O)CC2)cc(OC)c1OC. The summed E-state index contributed by atoms with van der Waals surface area (Å²) in [4.78, 5) is 16.9. The molecule has 25 heavy (non-hydrogen) atoms. The molecule has 1 aromatic carbocycles. The fourth-order valence-electron chi connectivity index (χ4n) is 3.11. The van der Waals surface area contributed by atoms with Gasteiger partial charge < -0.3 is 19.5 Å². The van der Waals surface area contributed by atoms with Crippen LogP contribution in [0, 0.1) is 0 Å². The number of amides is 1. The lowest BCUT2D eigenvalue weighted by molar-refractivity contribution is 0.0554. The summed E-state index contributed by atoms with van der Waals surface area (Å²) >= 11 is 0. The third kappa shape index (κ3) is 4.74. The van der Waals surface area contributed by atoms with Crippen molar-refractivity contribution >= 4 is 12.0 Å². The Balaban J connectivity index is 2.18. The Labute approximate surface area is 149 Å². The van der Waals surface area contributed by atoms with E-state index in [0.29, 0.717) is 36.7 Å². The van der Waals surface area contributed by atoms with Crippen molar-refractivity contribution in [3.8, 4) is 11.5 Å². The number of aliphatic hydroxyl groups is 1. The van der Waals surface area contributed by atoms with E-state index in [1.54, 1.807) is 27.2 Å². The minimum absolute atomic E-state index is 0.0107. The number of carbonyl (C=O) groups is 1. The predicted octanol–water partition coefficient (Wildman–Crippen LogP) is 1.88. The Hall–Kier alpha value is -2.05. The van der Waals surface area contributed by atoms with Crippen LogP contribution in [0.2, 0.25) is 0 Å². The molecule has 138 valence electrons. The Bertz CT molecular complexity index is 620. The van der Waals surface area contributed by atoms with Gasteiger partial charge >= 0.3 is 0 Å². The van der Waals surface area contributed by atoms with Crippen molar-refractivity contribution in [1.82, 2.24) is 9.80 Å². The number of nitrogens with zero attached hydrogens (tertiary/aromatic N) is 2. The van der Waals surface area contributed by atoms with E-state index in [4.69, 9.17) is 9.47 Å². The first-order chi connectivity index (χ1) is 12.0. The maximum Gasteiger partial charge on any atom is 0.254 e. The monoisotopic (exact) mass is 348 g/mol. The number of allylic oxidation sites excluding steroid dienone is 1. The quantitative estimate of drug-likeness (QED) is 0.850. The largest absolute Gasteiger partial charge is 0.493 e. The summed E-state index contributed by atoms with van der Waals surface area (Å²) in [6.07, 6.45) is 3.45. The highest BCUT2D eigenvalue weighted by molar-refractivity contribution is 5.96. The first-order valence-corrected chi connectivity index (χ1v) is 8.58. The van der Waals surface area contributed by atoms with Crippen LogP contribution in [-0.4, -0.2) is 73.9 Å². The van der Waals surface area contributed by atoms with Gasteiger partial charge in [-0.15, -0.1) is 0 Å². The highest BCUT2D eigenvalue weighted by Crippen LogP contribution is 2.34. The maximum absolute atomic E-state index is 12.9. The zero-order valence-corrected chi connectivity index (χ0v) is 15.5. The number of carbonyl (C=O) groups excluding carboxylic acids is 1. The molecule has 1 atom stereocenters. The van der Waals surface area contributed by atoms with E-state index in [2.05, 4.69) is 4.90 Å². The topological polar surface area (TPSA) is 62.2 Å². The first-order valence-electron chi connectivity index (χ1n) is 8.58. The maximum atomic E-state index is 12.9. The van der Waals surface area contributed by atoms with Gasteiger partial charge in [0, 0.05) is 43.9 Å². The molecule has 1 fully saturated rings. The van der Waals surface area contributed by atoms with E-state index >= 15 is 0 Å². The number of ether oxygens (including phenoxy) is 2. The third-order valence-electron chi connectivity index (χ3n) is 4.28. The molecule has 1 aliphatic rings. The number of aliphatic hydroxyl groups excluding tert-OH is 1. The van der Waals surface area contributed by atoms with Crippen LogP contribution in [0.15, 0.2) is 18.2 Å². The number of benzene rings is 1. The third-order valence-corrected chi connectivity index (χ3v) is 4.28. The van der Waals surface area contributed by atoms with Crippen molar-refractivity contribution in [2.24, 2.45) is 0 Å². The van der Waals surface area contributed by atoms with Crippen LogP contribution in [-0.2, 0) is 0 Å². The molecule has 0 radical (unpaired) electrons. The van der Waals surface area contributed by atoms with Crippen LogP contribution in [0.5, 0.6) is 11.5 Å². The number of rotatable bonds is 6. The lowest BCUT2D eigenvalue weighted by Crippen LogP contribution is -2.50. The average Bonchev–Trinajstić information content (AvgIpc) is 2.60. The molecule has 6 nitrogen and oxygen atoms in total. The van der Waals surface area contributed by atoms with E-state index in [1.165, 1.54) is 0 Å². The van der Waals surface area contributed by atoms with Gasteiger partial charge in [0.25, 0.3) is 5.91 Å². The molecule has 0 spiro atoms. The van der Waals surface area contributed by atoms with Crippen LogP contribution in [0.4, 0.5) is 0 Å². The van der Waals surface area contributed by atoms with E-state index < -0.39 is 0 Å². The van der Waals surface area contributed by atoms with Gasteiger partial charge in [0.2, 0.25) is 0 Å². The summed E-state index contributed by atoms with van der Waals surface area (Å²) in [7, 11) is 3.16. The number of methoxy groups -OCH3 is 2. The molecule has 0 saturated carbocycles. The van der Waals surface area contributed by atoms with Crippen molar-refractivity contribution in [3.63, 3.8) is 0 Å². The smallest absolute Gasteiger partial charge is 0.254 e. The molecule has 0 aromatic heterocycles. The zero-order chi connectivity index (χ0) is 18.4. The normalized spacial score (nSPS) is 16.9. The second-order valence-corrected chi connectivity index (χ2v) is 6.24. The fraction of sp³-hybridized carbons (Fsp3) is 0.526.